The number of carbonyl (C=O) groups is 4. The van der Waals surface area contributed by atoms with Gasteiger partial charge in [-0.1, -0.05) is 0 Å². The van der Waals surface area contributed by atoms with Gasteiger partial charge in [0.1, 0.15) is 16.9 Å². The molecule has 3 fully saturated rings. The van der Waals surface area contributed by atoms with E-state index < -0.39 is 40.2 Å². The monoisotopic (exact) mass is 294 g/mol. The van der Waals surface area contributed by atoms with E-state index in [2.05, 4.69) is 10.6 Å². The maximum absolute atomic E-state index is 12.6. The number of ether oxygens (including phenoxy) is 1. The molecule has 2 N–H and O–H groups in total. The van der Waals surface area contributed by atoms with Gasteiger partial charge in [0.05, 0.1) is 6.61 Å². The molecule has 3 aliphatic rings. The highest BCUT2D eigenvalue weighted by atomic mass is 16.5. The number of rotatable bonds is 2. The molecule has 0 aromatic carbocycles. The Morgan fingerprint density at radius 1 is 1.24 bits per heavy atom. The standard InChI is InChI=1S/C14H18N2O5/c1-4-21-11(20)14-6-8(17)13(3)7(14)5-12(2,15-9(13)18)16-10(14)19/h7H,4-6H2,1-3H3,(H,15,18)(H,16,19)/t7-,12+,13-,14-/m0/s1. The van der Waals surface area contributed by atoms with Crippen LogP contribution in [0.25, 0.3) is 0 Å². The highest BCUT2D eigenvalue weighted by molar-refractivity contribution is 6.18. The maximum atomic E-state index is 12.6. The van der Waals surface area contributed by atoms with Crippen molar-refractivity contribution in [2.24, 2.45) is 16.7 Å². The molecule has 0 aromatic heterocycles. The van der Waals surface area contributed by atoms with Crippen LogP contribution in [-0.4, -0.2) is 35.8 Å². The van der Waals surface area contributed by atoms with E-state index in [0.29, 0.717) is 6.42 Å². The molecule has 21 heavy (non-hydrogen) atoms. The molecule has 2 bridgehead atoms. The fourth-order valence-corrected chi connectivity index (χ4v) is 4.00. The Balaban J connectivity index is 2.18. The first-order valence-electron chi connectivity index (χ1n) is 7.06. The Morgan fingerprint density at radius 3 is 2.48 bits per heavy atom. The summed E-state index contributed by atoms with van der Waals surface area (Å²) in [6, 6.07) is 0. The van der Waals surface area contributed by atoms with Crippen molar-refractivity contribution in [3.05, 3.63) is 0 Å². The first-order chi connectivity index (χ1) is 9.70. The van der Waals surface area contributed by atoms with Crippen LogP contribution in [-0.2, 0) is 23.9 Å². The summed E-state index contributed by atoms with van der Waals surface area (Å²) in [4.78, 5) is 49.8. The summed E-state index contributed by atoms with van der Waals surface area (Å²) >= 11 is 0. The molecule has 2 aliphatic heterocycles. The number of Topliss-reactive ketones (excluding diaryl/α,β-unsaturated/α-hetero) is 1. The highest BCUT2D eigenvalue weighted by Crippen LogP contribution is 2.59. The average molecular weight is 294 g/mol. The third kappa shape index (κ3) is 1.43. The molecular formula is C14H18N2O5. The normalized spacial score (nSPS) is 44.1. The Kier molecular flexibility index (Phi) is 2.56. The van der Waals surface area contributed by atoms with Crippen LogP contribution >= 0.6 is 0 Å². The number of hydrogen-bond donors (Lipinski definition) is 2. The molecule has 2 heterocycles. The van der Waals surface area contributed by atoms with Crippen molar-refractivity contribution in [3.8, 4) is 0 Å². The second-order valence-electron chi connectivity index (χ2n) is 6.49. The number of ketones is 1. The number of carbonyl (C=O) groups excluding carboxylic acids is 4. The quantitative estimate of drug-likeness (QED) is 0.528. The summed E-state index contributed by atoms with van der Waals surface area (Å²) < 4.78 is 5.04. The first kappa shape index (κ1) is 14.0. The number of nitrogens with one attached hydrogen (secondary N) is 2. The first-order valence-corrected chi connectivity index (χ1v) is 7.06. The van der Waals surface area contributed by atoms with Crippen LogP contribution in [0, 0.1) is 16.7 Å². The Morgan fingerprint density at radius 2 is 1.86 bits per heavy atom. The molecule has 1 aliphatic carbocycles. The van der Waals surface area contributed by atoms with Crippen LogP contribution in [0.15, 0.2) is 0 Å². The van der Waals surface area contributed by atoms with E-state index in [1.54, 1.807) is 13.8 Å². The van der Waals surface area contributed by atoms with Crippen LogP contribution in [0.4, 0.5) is 0 Å². The predicted molar refractivity (Wildman–Crippen MR) is 69.6 cm³/mol. The number of piperidine rings is 2. The molecular weight excluding hydrogens is 276 g/mol. The van der Waals surface area contributed by atoms with E-state index in [4.69, 9.17) is 4.74 Å². The molecule has 0 spiro atoms. The fraction of sp³-hybridized carbons (Fsp3) is 0.714. The largest absolute Gasteiger partial charge is 0.465 e. The van der Waals surface area contributed by atoms with E-state index in [1.807, 2.05) is 0 Å². The molecule has 2 saturated heterocycles. The van der Waals surface area contributed by atoms with Gasteiger partial charge < -0.3 is 15.4 Å². The molecule has 2 amide bonds. The van der Waals surface area contributed by atoms with Crippen molar-refractivity contribution in [1.82, 2.24) is 10.6 Å². The minimum Gasteiger partial charge on any atom is -0.465 e. The van der Waals surface area contributed by atoms with Gasteiger partial charge in [-0.3, -0.25) is 19.2 Å². The van der Waals surface area contributed by atoms with Crippen molar-refractivity contribution in [2.45, 2.75) is 39.3 Å². The van der Waals surface area contributed by atoms with E-state index in [9.17, 15) is 19.2 Å². The molecule has 7 nitrogen and oxygen atoms in total. The van der Waals surface area contributed by atoms with Gasteiger partial charge in [-0.2, -0.15) is 0 Å². The van der Waals surface area contributed by atoms with Crippen LogP contribution in [0.3, 0.4) is 0 Å². The Bertz CT molecular complexity index is 588. The van der Waals surface area contributed by atoms with Crippen LogP contribution in [0.2, 0.25) is 0 Å². The van der Waals surface area contributed by atoms with E-state index in [0.717, 1.165) is 0 Å². The maximum Gasteiger partial charge on any atom is 0.322 e. The SMILES string of the molecule is CCOC(=O)[C@@]12CC(=O)[C@@]3(C)C(=O)N[C@@](C)(C[C@@H]31)NC2=O. The number of amides is 2. The lowest BCUT2D eigenvalue weighted by atomic mass is 9.60. The molecule has 114 valence electrons. The van der Waals surface area contributed by atoms with Crippen LogP contribution in [0.1, 0.15) is 33.6 Å². The number of hydrogen-bond acceptors (Lipinski definition) is 5. The van der Waals surface area contributed by atoms with Crippen LogP contribution < -0.4 is 10.6 Å². The summed E-state index contributed by atoms with van der Waals surface area (Å²) in [6.45, 7) is 4.96. The van der Waals surface area contributed by atoms with Crippen molar-refractivity contribution in [2.75, 3.05) is 6.61 Å². The Hall–Kier alpha value is -1.92. The van der Waals surface area contributed by atoms with Crippen molar-refractivity contribution in [3.63, 3.8) is 0 Å². The molecule has 4 atom stereocenters. The summed E-state index contributed by atoms with van der Waals surface area (Å²) in [5.41, 5.74) is -3.83. The van der Waals surface area contributed by atoms with Gasteiger partial charge in [0.15, 0.2) is 5.41 Å². The van der Waals surface area contributed by atoms with Gasteiger partial charge in [-0.05, 0) is 27.2 Å². The summed E-state index contributed by atoms with van der Waals surface area (Å²) in [5.74, 6) is -2.71. The second-order valence-corrected chi connectivity index (χ2v) is 6.49. The van der Waals surface area contributed by atoms with Gasteiger partial charge in [0.25, 0.3) is 0 Å². The van der Waals surface area contributed by atoms with Crippen molar-refractivity contribution >= 4 is 23.6 Å². The second kappa shape index (κ2) is 3.84. The van der Waals surface area contributed by atoms with E-state index in [-0.39, 0.29) is 18.8 Å². The van der Waals surface area contributed by atoms with Gasteiger partial charge in [-0.25, -0.2) is 0 Å². The fourth-order valence-electron chi connectivity index (χ4n) is 4.00. The van der Waals surface area contributed by atoms with Crippen molar-refractivity contribution in [1.29, 1.82) is 0 Å². The van der Waals surface area contributed by atoms with Gasteiger partial charge in [-0.15, -0.1) is 0 Å². The van der Waals surface area contributed by atoms with Crippen molar-refractivity contribution < 1.29 is 23.9 Å². The Labute approximate surface area is 121 Å². The highest BCUT2D eigenvalue weighted by Gasteiger charge is 2.75. The third-order valence-electron chi connectivity index (χ3n) is 5.22. The molecule has 0 unspecified atom stereocenters. The van der Waals surface area contributed by atoms with E-state index >= 15 is 0 Å². The molecule has 3 rings (SSSR count). The zero-order chi connectivity index (χ0) is 15.6. The minimum atomic E-state index is -1.57. The summed E-state index contributed by atoms with van der Waals surface area (Å²) in [5, 5.41) is 5.37. The molecule has 7 heteroatoms. The molecule has 1 saturated carbocycles. The zero-order valence-corrected chi connectivity index (χ0v) is 12.2. The molecule has 0 radical (unpaired) electrons. The summed E-state index contributed by atoms with van der Waals surface area (Å²) in [7, 11) is 0. The lowest BCUT2D eigenvalue weighted by Gasteiger charge is -2.52. The van der Waals surface area contributed by atoms with Gasteiger partial charge in [0, 0.05) is 12.3 Å². The lowest BCUT2D eigenvalue weighted by molar-refractivity contribution is -0.175. The lowest BCUT2D eigenvalue weighted by Crippen LogP contribution is -2.75. The van der Waals surface area contributed by atoms with Gasteiger partial charge in [0.2, 0.25) is 11.8 Å². The van der Waals surface area contributed by atoms with Gasteiger partial charge >= 0.3 is 5.97 Å². The summed E-state index contributed by atoms with van der Waals surface area (Å²) in [6.07, 6.45) is 0.0634. The predicted octanol–water partition coefficient (Wildman–Crippen LogP) is -0.503. The smallest absolute Gasteiger partial charge is 0.322 e. The average Bonchev–Trinajstić information content (AvgIpc) is 2.62. The number of fused-ring (bicyclic) bond motifs is 1. The third-order valence-corrected chi connectivity index (χ3v) is 5.22. The zero-order valence-electron chi connectivity index (χ0n) is 12.2. The van der Waals surface area contributed by atoms with E-state index in [1.165, 1.54) is 6.92 Å². The topological polar surface area (TPSA) is 102 Å². The van der Waals surface area contributed by atoms with Crippen LogP contribution in [0.5, 0.6) is 0 Å². The minimum absolute atomic E-state index is 0.120. The molecule has 0 aromatic rings. The number of esters is 1.